The Balaban J connectivity index is 1.88. The van der Waals surface area contributed by atoms with Gasteiger partial charge in [-0.05, 0) is 42.3 Å². The van der Waals surface area contributed by atoms with E-state index < -0.39 is 0 Å². The Morgan fingerprint density at radius 3 is 2.65 bits per heavy atom. The van der Waals surface area contributed by atoms with Crippen LogP contribution in [0.3, 0.4) is 0 Å². The smallest absolute Gasteiger partial charge is 0.101 e. The van der Waals surface area contributed by atoms with Gasteiger partial charge in [-0.1, -0.05) is 31.0 Å². The molecule has 1 saturated carbocycles. The van der Waals surface area contributed by atoms with Gasteiger partial charge in [-0.25, -0.2) is 0 Å². The topological polar surface area (TPSA) is 35.8 Å². The third-order valence-corrected chi connectivity index (χ3v) is 5.03. The lowest BCUT2D eigenvalue weighted by molar-refractivity contribution is 0.475. The van der Waals surface area contributed by atoms with E-state index in [4.69, 9.17) is 0 Å². The van der Waals surface area contributed by atoms with Gasteiger partial charge < -0.3 is 5.32 Å². The SMILES string of the molecule is N#Cc1ccccc1NC(c1cccs1)C1CCCC1. The minimum absolute atomic E-state index is 0.340. The maximum atomic E-state index is 9.24. The number of hydrogen-bond donors (Lipinski definition) is 1. The predicted molar refractivity (Wildman–Crippen MR) is 83.8 cm³/mol. The largest absolute Gasteiger partial charge is 0.376 e. The molecule has 1 unspecified atom stereocenters. The molecule has 3 rings (SSSR count). The fourth-order valence-electron chi connectivity index (χ4n) is 3.05. The summed E-state index contributed by atoms with van der Waals surface area (Å²) in [4.78, 5) is 1.38. The Kier molecular flexibility index (Phi) is 4.03. The number of hydrogen-bond acceptors (Lipinski definition) is 3. The second-order valence-electron chi connectivity index (χ2n) is 5.34. The van der Waals surface area contributed by atoms with Gasteiger partial charge in [0.05, 0.1) is 17.3 Å². The third-order valence-electron chi connectivity index (χ3n) is 4.08. The van der Waals surface area contributed by atoms with Crippen LogP contribution < -0.4 is 5.32 Å². The molecule has 0 saturated heterocycles. The molecule has 0 spiro atoms. The van der Waals surface area contributed by atoms with Crippen molar-refractivity contribution in [3.05, 3.63) is 52.2 Å². The molecule has 0 amide bonds. The molecule has 1 heterocycles. The first-order valence-electron chi connectivity index (χ1n) is 7.17. The van der Waals surface area contributed by atoms with Gasteiger partial charge in [0.2, 0.25) is 0 Å². The van der Waals surface area contributed by atoms with Crippen molar-refractivity contribution in [2.45, 2.75) is 31.7 Å². The van der Waals surface area contributed by atoms with Crippen molar-refractivity contribution in [1.29, 1.82) is 5.26 Å². The lowest BCUT2D eigenvalue weighted by Gasteiger charge is -2.25. The zero-order valence-electron chi connectivity index (χ0n) is 11.4. The fraction of sp³-hybridized carbons (Fsp3) is 0.353. The maximum Gasteiger partial charge on any atom is 0.101 e. The first-order valence-corrected chi connectivity index (χ1v) is 8.05. The normalized spacial score (nSPS) is 16.8. The van der Waals surface area contributed by atoms with Gasteiger partial charge in [0.15, 0.2) is 0 Å². The van der Waals surface area contributed by atoms with Crippen molar-refractivity contribution in [3.63, 3.8) is 0 Å². The van der Waals surface area contributed by atoms with Crippen LogP contribution in [0.25, 0.3) is 0 Å². The summed E-state index contributed by atoms with van der Waals surface area (Å²) in [6.07, 6.45) is 5.22. The third kappa shape index (κ3) is 2.71. The molecule has 1 aromatic heterocycles. The number of benzene rings is 1. The van der Waals surface area contributed by atoms with Crippen LogP contribution in [0, 0.1) is 17.2 Å². The molecule has 1 aromatic carbocycles. The van der Waals surface area contributed by atoms with Crippen molar-refractivity contribution in [3.8, 4) is 6.07 Å². The molecule has 20 heavy (non-hydrogen) atoms. The maximum absolute atomic E-state index is 9.24. The van der Waals surface area contributed by atoms with E-state index in [1.807, 2.05) is 24.3 Å². The summed E-state index contributed by atoms with van der Waals surface area (Å²) in [5.41, 5.74) is 1.69. The first-order chi connectivity index (χ1) is 9.88. The number of rotatable bonds is 4. The molecular formula is C17H18N2S. The highest BCUT2D eigenvalue weighted by Crippen LogP contribution is 2.39. The Morgan fingerprint density at radius 2 is 1.95 bits per heavy atom. The number of nitrogens with one attached hydrogen (secondary N) is 1. The second-order valence-corrected chi connectivity index (χ2v) is 6.32. The molecule has 1 aliphatic carbocycles. The van der Waals surface area contributed by atoms with E-state index in [0.717, 1.165) is 11.3 Å². The van der Waals surface area contributed by atoms with E-state index >= 15 is 0 Å². The molecular weight excluding hydrogens is 264 g/mol. The van der Waals surface area contributed by atoms with Gasteiger partial charge in [-0.3, -0.25) is 0 Å². The van der Waals surface area contributed by atoms with Crippen LogP contribution in [0.15, 0.2) is 41.8 Å². The summed E-state index contributed by atoms with van der Waals surface area (Å²) in [5.74, 6) is 0.681. The van der Waals surface area contributed by atoms with E-state index in [-0.39, 0.29) is 0 Å². The number of thiophene rings is 1. The molecule has 0 aliphatic heterocycles. The monoisotopic (exact) mass is 282 g/mol. The fourth-order valence-corrected chi connectivity index (χ4v) is 3.92. The highest BCUT2D eigenvalue weighted by Gasteiger charge is 2.27. The van der Waals surface area contributed by atoms with Crippen LogP contribution in [0.2, 0.25) is 0 Å². The van der Waals surface area contributed by atoms with Crippen molar-refractivity contribution in [1.82, 2.24) is 0 Å². The number of anilines is 1. The minimum Gasteiger partial charge on any atom is -0.376 e. The van der Waals surface area contributed by atoms with Gasteiger partial charge in [0.1, 0.15) is 6.07 Å². The van der Waals surface area contributed by atoms with Gasteiger partial charge in [-0.2, -0.15) is 5.26 Å². The van der Waals surface area contributed by atoms with E-state index in [1.165, 1.54) is 30.6 Å². The highest BCUT2D eigenvalue weighted by molar-refractivity contribution is 7.10. The van der Waals surface area contributed by atoms with Gasteiger partial charge in [-0.15, -0.1) is 11.3 Å². The van der Waals surface area contributed by atoms with Crippen LogP contribution in [0.4, 0.5) is 5.69 Å². The summed E-state index contributed by atoms with van der Waals surface area (Å²) in [7, 11) is 0. The Morgan fingerprint density at radius 1 is 1.15 bits per heavy atom. The zero-order valence-corrected chi connectivity index (χ0v) is 12.2. The molecule has 0 radical (unpaired) electrons. The van der Waals surface area contributed by atoms with Crippen molar-refractivity contribution in [2.24, 2.45) is 5.92 Å². The standard InChI is InChI=1S/C17H18N2S/c18-12-14-8-3-4-9-15(14)19-17(13-6-1-2-7-13)16-10-5-11-20-16/h3-5,8-11,13,17,19H,1-2,6-7H2. The molecule has 1 fully saturated rings. The summed E-state index contributed by atoms with van der Waals surface area (Å²) < 4.78 is 0. The van der Waals surface area contributed by atoms with Gasteiger partial charge in [0.25, 0.3) is 0 Å². The molecule has 0 bridgehead atoms. The van der Waals surface area contributed by atoms with Crippen molar-refractivity contribution in [2.75, 3.05) is 5.32 Å². The van der Waals surface area contributed by atoms with Gasteiger partial charge >= 0.3 is 0 Å². The average Bonchev–Trinajstić information content (AvgIpc) is 3.18. The Bertz CT molecular complexity index is 592. The highest BCUT2D eigenvalue weighted by atomic mass is 32.1. The number of nitriles is 1. The van der Waals surface area contributed by atoms with Crippen LogP contribution in [0.5, 0.6) is 0 Å². The molecule has 2 nitrogen and oxygen atoms in total. The summed E-state index contributed by atoms with van der Waals surface area (Å²) in [6.45, 7) is 0. The first kappa shape index (κ1) is 13.2. The van der Waals surface area contributed by atoms with Crippen LogP contribution in [-0.4, -0.2) is 0 Å². The molecule has 1 atom stereocenters. The average molecular weight is 282 g/mol. The lowest BCUT2D eigenvalue weighted by atomic mass is 9.96. The summed E-state index contributed by atoms with van der Waals surface area (Å²) >= 11 is 1.81. The van der Waals surface area contributed by atoms with E-state index in [0.29, 0.717) is 12.0 Å². The molecule has 3 heteroatoms. The van der Waals surface area contributed by atoms with Crippen LogP contribution >= 0.6 is 11.3 Å². The zero-order chi connectivity index (χ0) is 13.8. The van der Waals surface area contributed by atoms with Gasteiger partial charge in [0, 0.05) is 4.88 Å². The molecule has 2 aromatic rings. The minimum atomic E-state index is 0.340. The second kappa shape index (κ2) is 6.11. The Labute approximate surface area is 124 Å². The molecule has 1 N–H and O–H groups in total. The Hall–Kier alpha value is -1.79. The van der Waals surface area contributed by atoms with Crippen LogP contribution in [0.1, 0.15) is 42.2 Å². The van der Waals surface area contributed by atoms with Crippen molar-refractivity contribution < 1.29 is 0 Å². The summed E-state index contributed by atoms with van der Waals surface area (Å²) in [5, 5.41) is 15.0. The number of nitrogens with zero attached hydrogens (tertiary/aromatic N) is 1. The quantitative estimate of drug-likeness (QED) is 0.860. The van der Waals surface area contributed by atoms with E-state index in [1.54, 1.807) is 11.3 Å². The van der Waals surface area contributed by atoms with E-state index in [2.05, 4.69) is 28.9 Å². The van der Waals surface area contributed by atoms with E-state index in [9.17, 15) is 5.26 Å². The summed E-state index contributed by atoms with van der Waals surface area (Å²) in [6, 6.07) is 14.7. The predicted octanol–water partition coefficient (Wildman–Crippen LogP) is 4.96. The molecule has 102 valence electrons. The molecule has 1 aliphatic rings. The van der Waals surface area contributed by atoms with Crippen LogP contribution in [-0.2, 0) is 0 Å². The number of para-hydroxylation sites is 1. The van der Waals surface area contributed by atoms with Crippen molar-refractivity contribution >= 4 is 17.0 Å². The lowest BCUT2D eigenvalue weighted by Crippen LogP contribution is -2.18.